The predicted octanol–water partition coefficient (Wildman–Crippen LogP) is 12.3. The van der Waals surface area contributed by atoms with Crippen LogP contribution in [0, 0.1) is 5.41 Å². The molecule has 48 heavy (non-hydrogen) atoms. The van der Waals surface area contributed by atoms with E-state index in [4.69, 9.17) is 9.97 Å². The van der Waals surface area contributed by atoms with Gasteiger partial charge in [0.1, 0.15) is 11.0 Å². The Morgan fingerprint density at radius 1 is 0.542 bits per heavy atom. The first-order valence-corrected chi connectivity index (χ1v) is 17.8. The minimum atomic E-state index is 0.0423. The molecule has 2 atom stereocenters. The van der Waals surface area contributed by atoms with Crippen LogP contribution in [0.4, 0.5) is 17.1 Å². The minimum absolute atomic E-state index is 0.0423. The zero-order valence-corrected chi connectivity index (χ0v) is 28.3. The average molecular weight is 640 g/mol. The number of aromatic nitrogens is 2. The molecule has 4 heteroatoms. The Kier molecular flexibility index (Phi) is 6.67. The van der Waals surface area contributed by atoms with Crippen LogP contribution in [0.15, 0.2) is 140 Å². The summed E-state index contributed by atoms with van der Waals surface area (Å²) in [6.07, 6.45) is 2.37. The van der Waals surface area contributed by atoms with Gasteiger partial charge in [-0.05, 0) is 76.9 Å². The van der Waals surface area contributed by atoms with Crippen molar-refractivity contribution in [1.29, 1.82) is 0 Å². The smallest absolute Gasteiger partial charge is 0.108 e. The molecule has 7 aromatic rings. The highest BCUT2D eigenvalue weighted by atomic mass is 32.1. The van der Waals surface area contributed by atoms with Gasteiger partial charge in [0, 0.05) is 28.4 Å². The summed E-state index contributed by atoms with van der Waals surface area (Å²) in [5.41, 5.74) is 12.9. The molecule has 2 bridgehead atoms. The first kappa shape index (κ1) is 29.1. The highest BCUT2D eigenvalue weighted by Crippen LogP contribution is 2.67. The van der Waals surface area contributed by atoms with Gasteiger partial charge in [-0.2, -0.15) is 0 Å². The monoisotopic (exact) mass is 639 g/mol. The van der Waals surface area contributed by atoms with Gasteiger partial charge in [0.25, 0.3) is 0 Å². The molecular weight excluding hydrogens is 603 g/mol. The summed E-state index contributed by atoms with van der Waals surface area (Å²) in [6.45, 7) is 7.27. The summed E-state index contributed by atoms with van der Waals surface area (Å²) < 4.78 is 0. The Hall–Kier alpha value is -5.06. The van der Waals surface area contributed by atoms with Gasteiger partial charge in [-0.3, -0.25) is 0 Å². The van der Waals surface area contributed by atoms with Gasteiger partial charge >= 0.3 is 0 Å². The molecule has 2 aliphatic rings. The first-order chi connectivity index (χ1) is 23.4. The lowest BCUT2D eigenvalue weighted by Crippen LogP contribution is -2.31. The van der Waals surface area contributed by atoms with Gasteiger partial charge in [0.15, 0.2) is 0 Å². The quantitative estimate of drug-likeness (QED) is 0.181. The highest BCUT2D eigenvalue weighted by molar-refractivity contribution is 7.20. The van der Waals surface area contributed by atoms with Crippen molar-refractivity contribution in [3.05, 3.63) is 151 Å². The standard InChI is InChI=1S/C44H37N3S/c1-43(2)36-27-28-44(43,3)42-37(36)45-38-39(46-42)41(48-40(38)31-21-19-30(20-22-31)29-13-7-4-8-14-29)32-23-25-35(26-24-32)47(33-15-9-5-10-16-33)34-17-11-6-12-18-34/h4-26,36H,27-28H2,1-3H3. The molecule has 3 nitrogen and oxygen atoms in total. The zero-order chi connectivity index (χ0) is 32.5. The molecule has 0 saturated heterocycles. The molecule has 0 aliphatic heterocycles. The largest absolute Gasteiger partial charge is 0.311 e. The fourth-order valence-electron chi connectivity index (χ4n) is 8.21. The van der Waals surface area contributed by atoms with E-state index >= 15 is 0 Å². The van der Waals surface area contributed by atoms with E-state index in [-0.39, 0.29) is 10.8 Å². The topological polar surface area (TPSA) is 29.0 Å². The van der Waals surface area contributed by atoms with E-state index in [2.05, 4.69) is 165 Å². The maximum absolute atomic E-state index is 5.58. The van der Waals surface area contributed by atoms with Crippen molar-refractivity contribution < 1.29 is 0 Å². The number of hydrogen-bond acceptors (Lipinski definition) is 4. The molecule has 0 N–H and O–H groups in total. The molecule has 2 aliphatic carbocycles. The number of rotatable bonds is 6. The van der Waals surface area contributed by atoms with Crippen LogP contribution in [0.3, 0.4) is 0 Å². The normalized spacial score (nSPS) is 19.0. The third-order valence-corrected chi connectivity index (χ3v) is 12.6. The maximum Gasteiger partial charge on any atom is 0.108 e. The number of fused-ring (bicyclic) bond motifs is 6. The van der Waals surface area contributed by atoms with E-state index in [1.807, 2.05) is 11.3 Å². The number of anilines is 3. The molecule has 2 unspecified atom stereocenters. The molecule has 9 rings (SSSR count). The summed E-state index contributed by atoms with van der Waals surface area (Å²) >= 11 is 1.82. The summed E-state index contributed by atoms with van der Waals surface area (Å²) in [5.74, 6) is 0.451. The lowest BCUT2D eigenvalue weighted by molar-refractivity contribution is 0.227. The van der Waals surface area contributed by atoms with Gasteiger partial charge in [0.05, 0.1) is 21.1 Å². The van der Waals surface area contributed by atoms with Crippen LogP contribution < -0.4 is 4.90 Å². The second kappa shape index (κ2) is 11.0. The van der Waals surface area contributed by atoms with Crippen LogP contribution in [0.5, 0.6) is 0 Å². The number of nitrogens with zero attached hydrogens (tertiary/aromatic N) is 3. The zero-order valence-electron chi connectivity index (χ0n) is 27.5. The second-order valence-electron chi connectivity index (χ2n) is 14.1. The number of hydrogen-bond donors (Lipinski definition) is 0. The van der Waals surface area contributed by atoms with Gasteiger partial charge in [-0.1, -0.05) is 124 Å². The molecule has 234 valence electrons. The Balaban J connectivity index is 1.19. The van der Waals surface area contributed by atoms with Gasteiger partial charge < -0.3 is 4.90 Å². The highest BCUT2D eigenvalue weighted by Gasteiger charge is 2.61. The van der Waals surface area contributed by atoms with E-state index < -0.39 is 0 Å². The van der Waals surface area contributed by atoms with Crippen LogP contribution >= 0.6 is 11.3 Å². The number of para-hydroxylation sites is 2. The summed E-state index contributed by atoms with van der Waals surface area (Å²) in [4.78, 5) is 15.8. The van der Waals surface area contributed by atoms with E-state index in [1.54, 1.807) is 0 Å². The average Bonchev–Trinajstić information content (AvgIpc) is 3.68. The third kappa shape index (κ3) is 4.39. The van der Waals surface area contributed by atoms with Crippen molar-refractivity contribution in [3.63, 3.8) is 0 Å². The van der Waals surface area contributed by atoms with Crippen molar-refractivity contribution in [2.24, 2.45) is 5.41 Å². The maximum atomic E-state index is 5.58. The number of thiophene rings is 1. The van der Waals surface area contributed by atoms with Crippen LogP contribution in [-0.4, -0.2) is 9.97 Å². The van der Waals surface area contributed by atoms with E-state index in [1.165, 1.54) is 56.2 Å². The van der Waals surface area contributed by atoms with E-state index in [9.17, 15) is 0 Å². The molecule has 0 spiro atoms. The third-order valence-electron chi connectivity index (χ3n) is 11.3. The Labute approximate surface area is 286 Å². The van der Waals surface area contributed by atoms with Crippen molar-refractivity contribution >= 4 is 39.4 Å². The predicted molar refractivity (Wildman–Crippen MR) is 202 cm³/mol. The molecule has 5 aromatic carbocycles. The van der Waals surface area contributed by atoms with Crippen molar-refractivity contribution in [2.75, 3.05) is 4.90 Å². The van der Waals surface area contributed by atoms with Crippen LogP contribution in [-0.2, 0) is 5.41 Å². The lowest BCUT2D eigenvalue weighted by Gasteiger charge is -2.34. The van der Waals surface area contributed by atoms with E-state index in [0.29, 0.717) is 5.92 Å². The Morgan fingerprint density at radius 2 is 1.00 bits per heavy atom. The van der Waals surface area contributed by atoms with Crippen molar-refractivity contribution in [2.45, 2.75) is 44.9 Å². The second-order valence-corrected chi connectivity index (χ2v) is 15.1. The molecule has 1 fully saturated rings. The Bertz CT molecular complexity index is 2220. The van der Waals surface area contributed by atoms with Crippen molar-refractivity contribution in [1.82, 2.24) is 9.97 Å². The van der Waals surface area contributed by atoms with Crippen LogP contribution in [0.25, 0.3) is 43.0 Å². The van der Waals surface area contributed by atoms with Crippen molar-refractivity contribution in [3.8, 4) is 32.0 Å². The fourth-order valence-corrected chi connectivity index (χ4v) is 9.40. The van der Waals surface area contributed by atoms with Gasteiger partial charge in [-0.15, -0.1) is 11.3 Å². The lowest BCUT2D eigenvalue weighted by atomic mass is 9.70. The Morgan fingerprint density at radius 3 is 1.58 bits per heavy atom. The van der Waals surface area contributed by atoms with Gasteiger partial charge in [-0.25, -0.2) is 9.97 Å². The van der Waals surface area contributed by atoms with Crippen LogP contribution in [0.1, 0.15) is 50.9 Å². The summed E-state index contributed by atoms with van der Waals surface area (Å²) in [6, 6.07) is 49.7. The molecule has 0 amide bonds. The van der Waals surface area contributed by atoms with E-state index in [0.717, 1.165) is 28.1 Å². The SMILES string of the molecule is CC12CCC(c3nc4c(-c5ccc(-c6ccccc6)cc5)sc(-c5ccc(N(c6ccccc6)c6ccccc6)cc5)c4nc31)C2(C)C. The van der Waals surface area contributed by atoms with Crippen LogP contribution in [0.2, 0.25) is 0 Å². The molecular formula is C44H37N3S. The summed E-state index contributed by atoms with van der Waals surface area (Å²) in [7, 11) is 0. The number of benzene rings is 5. The molecule has 2 heterocycles. The molecule has 2 aromatic heterocycles. The fraction of sp³-hybridized carbons (Fsp3) is 0.182. The summed E-state index contributed by atoms with van der Waals surface area (Å²) in [5, 5.41) is 0. The van der Waals surface area contributed by atoms with Gasteiger partial charge in [0.2, 0.25) is 0 Å². The first-order valence-electron chi connectivity index (χ1n) is 16.9. The molecule has 0 radical (unpaired) electrons. The minimum Gasteiger partial charge on any atom is -0.311 e. The molecule has 1 saturated carbocycles.